The predicted octanol–water partition coefficient (Wildman–Crippen LogP) is -0.731. The molecule has 0 aromatic rings. The van der Waals surface area contributed by atoms with Gasteiger partial charge in [0.2, 0.25) is 0 Å². The van der Waals surface area contributed by atoms with E-state index in [4.69, 9.17) is 0 Å². The molecule has 0 spiro atoms. The topological polar surface area (TPSA) is 133 Å². The second-order valence-electron chi connectivity index (χ2n) is 4.35. The summed E-state index contributed by atoms with van der Waals surface area (Å²) in [6.07, 6.45) is 6.39. The van der Waals surface area contributed by atoms with Crippen molar-refractivity contribution in [3.8, 4) is 0 Å². The van der Waals surface area contributed by atoms with Crippen LogP contribution in [0, 0.1) is 0 Å². The molecule has 0 saturated heterocycles. The summed E-state index contributed by atoms with van der Waals surface area (Å²) in [7, 11) is 0. The minimum absolute atomic E-state index is 0. The summed E-state index contributed by atoms with van der Waals surface area (Å²) in [4.78, 5) is 40.9. The van der Waals surface area contributed by atoms with E-state index in [1.54, 1.807) is 0 Å². The van der Waals surface area contributed by atoms with E-state index < -0.39 is 23.9 Å². The summed E-state index contributed by atoms with van der Waals surface area (Å²) >= 11 is 0. The molecule has 0 aliphatic carbocycles. The molecule has 0 rings (SSSR count). The number of aliphatic carboxylic acids is 2. The molecule has 0 aliphatic heterocycles. The van der Waals surface area contributed by atoms with Gasteiger partial charge < -0.3 is 29.3 Å². The van der Waals surface area contributed by atoms with Crippen molar-refractivity contribution in [2.24, 2.45) is 0 Å². The zero-order chi connectivity index (χ0) is 18.8. The van der Waals surface area contributed by atoms with Crippen molar-refractivity contribution in [3.63, 3.8) is 0 Å². The van der Waals surface area contributed by atoms with Crippen LogP contribution >= 0.6 is 0 Å². The summed E-state index contributed by atoms with van der Waals surface area (Å²) in [6.45, 7) is 4.58. The first kappa shape index (κ1) is 27.8. The summed E-state index contributed by atoms with van der Waals surface area (Å²) in [6, 6.07) is 0. The molecule has 0 bridgehead atoms. The van der Waals surface area contributed by atoms with E-state index in [-0.39, 0.29) is 19.5 Å². The number of carbonyl (C=O) groups excluding carboxylic acids is 4. The normalized spacial score (nSPS) is 9.68. The fourth-order valence-electron chi connectivity index (χ4n) is 1.00. The van der Waals surface area contributed by atoms with E-state index in [1.807, 2.05) is 13.8 Å². The molecule has 0 amide bonds. The summed E-state index contributed by atoms with van der Waals surface area (Å²) in [5.74, 6) is -4.09. The van der Waals surface area contributed by atoms with Crippen molar-refractivity contribution in [1.82, 2.24) is 0 Å². The van der Waals surface area contributed by atoms with Crippen LogP contribution in [0.2, 0.25) is 0 Å². The average Bonchev–Trinajstić information content (AvgIpc) is 2.52. The van der Waals surface area contributed by atoms with E-state index in [9.17, 15) is 29.4 Å². The first-order chi connectivity index (χ1) is 11.3. The summed E-state index contributed by atoms with van der Waals surface area (Å²) in [5, 5.41) is 19.7. The molecule has 25 heavy (non-hydrogen) atoms. The van der Waals surface area contributed by atoms with E-state index in [0.29, 0.717) is 25.4 Å². The van der Waals surface area contributed by atoms with Crippen LogP contribution in [0.1, 0.15) is 39.5 Å². The Kier molecular flexibility index (Phi) is 22.3. The third kappa shape index (κ3) is 27.1. The van der Waals surface area contributed by atoms with Crippen molar-refractivity contribution < 1.29 is 58.3 Å². The van der Waals surface area contributed by atoms with E-state index >= 15 is 0 Å². The number of carbonyl (C=O) groups is 4. The quantitative estimate of drug-likeness (QED) is 0.200. The van der Waals surface area contributed by atoms with Crippen molar-refractivity contribution in [3.05, 3.63) is 24.3 Å². The Morgan fingerprint density at radius 2 is 1.04 bits per heavy atom. The molecule has 0 N–H and O–H groups in total. The van der Waals surface area contributed by atoms with Crippen molar-refractivity contribution >= 4 is 23.9 Å². The Morgan fingerprint density at radius 1 is 0.720 bits per heavy atom. The van der Waals surface area contributed by atoms with Gasteiger partial charge in [-0.2, -0.15) is 0 Å². The van der Waals surface area contributed by atoms with Crippen LogP contribution < -0.4 is 10.2 Å². The predicted molar refractivity (Wildman–Crippen MR) is 80.0 cm³/mol. The number of carboxylic acid groups (broad SMARTS) is 2. The van der Waals surface area contributed by atoms with Gasteiger partial charge in [0.15, 0.2) is 0 Å². The minimum Gasteiger partial charge on any atom is -0.545 e. The Labute approximate surface area is 159 Å². The molecule has 0 heterocycles. The second kappa shape index (κ2) is 20.0. The SMILES string of the molecule is CCCCOC(=O)/C=C\C(=O)[O-].CCCCOC(=O)/C=C\C(=O)[O-].[Zn+2]. The van der Waals surface area contributed by atoms with Gasteiger partial charge in [0.05, 0.1) is 25.2 Å². The standard InChI is InChI=1S/2C8H12O4.Zn/c2*1-2-3-6-12-8(11)5-4-7(9)10;/h2*4-5H,2-3,6H2,1H3,(H,9,10);/q;;+2/p-2/b2*5-4-;. The first-order valence-corrected chi connectivity index (χ1v) is 7.45. The summed E-state index contributed by atoms with van der Waals surface area (Å²) in [5.41, 5.74) is 0. The van der Waals surface area contributed by atoms with Crippen LogP contribution in [0.5, 0.6) is 0 Å². The van der Waals surface area contributed by atoms with Crippen LogP contribution in [-0.4, -0.2) is 37.1 Å². The molecule has 0 radical (unpaired) electrons. The van der Waals surface area contributed by atoms with Gasteiger partial charge in [0, 0.05) is 12.2 Å². The van der Waals surface area contributed by atoms with Gasteiger partial charge in [-0.1, -0.05) is 26.7 Å². The van der Waals surface area contributed by atoms with E-state index in [1.165, 1.54) is 0 Å². The molecule has 0 atom stereocenters. The molecule has 136 valence electrons. The molecular formula is C16H22O8Zn. The van der Waals surface area contributed by atoms with Crippen molar-refractivity contribution in [1.29, 1.82) is 0 Å². The van der Waals surface area contributed by atoms with Gasteiger partial charge in [0.1, 0.15) is 0 Å². The minimum atomic E-state index is -1.40. The van der Waals surface area contributed by atoms with Gasteiger partial charge in [-0.25, -0.2) is 9.59 Å². The molecule has 0 fully saturated rings. The Balaban J connectivity index is -0.000000372. The maximum absolute atomic E-state index is 10.6. The average molecular weight is 408 g/mol. The van der Waals surface area contributed by atoms with Gasteiger partial charge >= 0.3 is 31.4 Å². The van der Waals surface area contributed by atoms with Gasteiger partial charge in [-0.15, -0.1) is 0 Å². The van der Waals surface area contributed by atoms with Crippen LogP contribution in [0.4, 0.5) is 0 Å². The van der Waals surface area contributed by atoms with Gasteiger partial charge in [0.25, 0.3) is 0 Å². The zero-order valence-corrected chi connectivity index (χ0v) is 17.5. The number of rotatable bonds is 10. The molecule has 8 nitrogen and oxygen atoms in total. The van der Waals surface area contributed by atoms with Crippen molar-refractivity contribution in [2.45, 2.75) is 39.5 Å². The molecular weight excluding hydrogens is 386 g/mol. The Hall–Kier alpha value is -2.02. The number of esters is 2. The van der Waals surface area contributed by atoms with Crippen LogP contribution in [0.15, 0.2) is 24.3 Å². The molecule has 0 saturated carbocycles. The fourth-order valence-corrected chi connectivity index (χ4v) is 1.00. The largest absolute Gasteiger partial charge is 2.00 e. The Morgan fingerprint density at radius 3 is 1.28 bits per heavy atom. The zero-order valence-electron chi connectivity index (χ0n) is 14.5. The Bertz CT molecular complexity index is 415. The van der Waals surface area contributed by atoms with Gasteiger partial charge in [-0.3, -0.25) is 0 Å². The molecule has 0 unspecified atom stereocenters. The third-order valence-corrected chi connectivity index (χ3v) is 2.20. The maximum atomic E-state index is 10.6. The van der Waals surface area contributed by atoms with Gasteiger partial charge in [-0.05, 0) is 25.0 Å². The first-order valence-electron chi connectivity index (χ1n) is 7.45. The van der Waals surface area contributed by atoms with Crippen LogP contribution in [0.3, 0.4) is 0 Å². The van der Waals surface area contributed by atoms with Crippen LogP contribution in [0.25, 0.3) is 0 Å². The number of ether oxygens (including phenoxy) is 2. The molecule has 0 aliphatic rings. The number of hydrogen-bond acceptors (Lipinski definition) is 8. The fraction of sp³-hybridized carbons (Fsp3) is 0.500. The number of unbranched alkanes of at least 4 members (excludes halogenated alkanes) is 2. The molecule has 0 aromatic carbocycles. The smallest absolute Gasteiger partial charge is 0.545 e. The van der Waals surface area contributed by atoms with Crippen molar-refractivity contribution in [2.75, 3.05) is 13.2 Å². The molecule has 0 aromatic heterocycles. The monoisotopic (exact) mass is 406 g/mol. The summed E-state index contributed by atoms with van der Waals surface area (Å²) < 4.78 is 9.23. The second-order valence-corrected chi connectivity index (χ2v) is 4.35. The van der Waals surface area contributed by atoms with Crippen LogP contribution in [-0.2, 0) is 48.1 Å². The van der Waals surface area contributed by atoms with E-state index in [2.05, 4.69) is 9.47 Å². The molecule has 9 heteroatoms. The van der Waals surface area contributed by atoms with E-state index in [0.717, 1.165) is 37.8 Å². The number of carboxylic acids is 2. The number of hydrogen-bond donors (Lipinski definition) is 0. The maximum Gasteiger partial charge on any atom is 2.00 e. The third-order valence-electron chi connectivity index (χ3n) is 2.20.